The first-order valence-electron chi connectivity index (χ1n) is 12.5. The van der Waals surface area contributed by atoms with Gasteiger partial charge in [-0.05, 0) is 79.8 Å². The lowest BCUT2D eigenvalue weighted by Crippen LogP contribution is -2.44. The highest BCUT2D eigenvalue weighted by Crippen LogP contribution is 2.30. The van der Waals surface area contributed by atoms with Crippen LogP contribution in [0.25, 0.3) is 0 Å². The molecule has 4 rings (SSSR count). The normalized spacial score (nSPS) is 16.9. The molecule has 10 heteroatoms. The number of rotatable bonds is 8. The molecule has 1 saturated carbocycles. The summed E-state index contributed by atoms with van der Waals surface area (Å²) in [5.74, 6) is -1.64. The van der Waals surface area contributed by atoms with Crippen LogP contribution in [-0.2, 0) is 6.54 Å². The summed E-state index contributed by atoms with van der Waals surface area (Å²) in [6.07, 6.45) is 2.75. The molecule has 1 aliphatic rings. The lowest BCUT2D eigenvalue weighted by molar-refractivity contribution is 0.0605. The molecule has 0 aliphatic heterocycles. The number of carbonyl (C=O) groups excluding carboxylic acids is 2. The molecular formula is C29H30ClF2N3O4. The van der Waals surface area contributed by atoms with Crippen LogP contribution in [0.1, 0.15) is 52.0 Å². The van der Waals surface area contributed by atoms with Gasteiger partial charge in [0.05, 0.1) is 14.2 Å². The Morgan fingerprint density at radius 3 is 2.23 bits per heavy atom. The van der Waals surface area contributed by atoms with Crippen molar-refractivity contribution < 1.29 is 27.8 Å². The molecule has 0 saturated heterocycles. The smallest absolute Gasteiger partial charge is 0.255 e. The van der Waals surface area contributed by atoms with Crippen molar-refractivity contribution in [1.29, 1.82) is 0 Å². The van der Waals surface area contributed by atoms with E-state index < -0.39 is 17.5 Å². The van der Waals surface area contributed by atoms with Gasteiger partial charge in [0.2, 0.25) is 0 Å². The van der Waals surface area contributed by atoms with Gasteiger partial charge in [-0.2, -0.15) is 0 Å². The quantitative estimate of drug-likeness (QED) is 0.365. The predicted octanol–water partition coefficient (Wildman–Crippen LogP) is 5.80. The third kappa shape index (κ3) is 6.85. The highest BCUT2D eigenvalue weighted by molar-refractivity contribution is 6.31. The first-order chi connectivity index (χ1) is 18.7. The Morgan fingerprint density at radius 2 is 1.59 bits per heavy atom. The number of carbonyl (C=O) groups is 2. The number of ether oxygens (including phenoxy) is 2. The number of hydrogen-bond acceptors (Lipinski definition) is 5. The van der Waals surface area contributed by atoms with Crippen LogP contribution < -0.4 is 20.5 Å². The number of amides is 2. The second-order valence-electron chi connectivity index (χ2n) is 9.49. The lowest BCUT2D eigenvalue weighted by atomic mass is 9.90. The minimum absolute atomic E-state index is 0.0449. The van der Waals surface area contributed by atoms with Crippen LogP contribution in [0.2, 0.25) is 5.02 Å². The van der Waals surface area contributed by atoms with Crippen molar-refractivity contribution in [2.75, 3.05) is 19.5 Å². The Balaban J connectivity index is 1.60. The first kappa shape index (κ1) is 28.3. The fourth-order valence-electron chi connectivity index (χ4n) is 4.76. The molecule has 39 heavy (non-hydrogen) atoms. The molecule has 0 aromatic heterocycles. The lowest BCUT2D eigenvalue weighted by Gasteiger charge is -2.36. The Bertz CT molecular complexity index is 1340. The summed E-state index contributed by atoms with van der Waals surface area (Å²) in [6, 6.07) is 12.4. The Hall–Kier alpha value is -3.69. The maximum Gasteiger partial charge on any atom is 0.255 e. The van der Waals surface area contributed by atoms with Crippen LogP contribution >= 0.6 is 11.6 Å². The van der Waals surface area contributed by atoms with Crippen molar-refractivity contribution in [3.63, 3.8) is 0 Å². The van der Waals surface area contributed by atoms with E-state index in [2.05, 4.69) is 5.32 Å². The van der Waals surface area contributed by atoms with Crippen LogP contribution in [0.4, 0.5) is 14.5 Å². The molecule has 206 valence electrons. The number of hydrogen-bond donors (Lipinski definition) is 2. The maximum atomic E-state index is 13.9. The van der Waals surface area contributed by atoms with Crippen molar-refractivity contribution in [3.8, 4) is 11.5 Å². The Morgan fingerprint density at radius 1 is 0.923 bits per heavy atom. The van der Waals surface area contributed by atoms with Gasteiger partial charge in [0, 0.05) is 46.5 Å². The molecule has 3 N–H and O–H groups in total. The van der Waals surface area contributed by atoms with E-state index in [0.717, 1.165) is 31.0 Å². The molecule has 0 radical (unpaired) electrons. The molecule has 0 spiro atoms. The number of nitrogens with zero attached hydrogens (tertiary/aromatic N) is 1. The number of benzene rings is 3. The van der Waals surface area contributed by atoms with Gasteiger partial charge in [0.15, 0.2) is 11.5 Å². The molecule has 1 aliphatic carbocycles. The van der Waals surface area contributed by atoms with Gasteiger partial charge in [-0.15, -0.1) is 0 Å². The number of anilines is 1. The number of nitrogens with two attached hydrogens (primary N) is 1. The largest absolute Gasteiger partial charge is 0.493 e. The zero-order valence-corrected chi connectivity index (χ0v) is 22.4. The number of methoxy groups -OCH3 is 2. The standard InChI is InChI=1S/C29H30ClF2N3O4/c1-38-26-10-3-17(14-27(26)39-2)28(36)34-23-6-9-25(30)19(13-23)16-35(24-7-4-22(33)5-8-24)29(37)18-11-20(31)15-21(32)12-18/h3,6,9-15,22,24H,4-5,7-8,16,33H2,1-2H3,(H,34,36). The van der Waals surface area contributed by atoms with Crippen molar-refractivity contribution in [1.82, 2.24) is 4.90 Å². The molecule has 2 amide bonds. The molecule has 0 heterocycles. The Kier molecular flexibility index (Phi) is 9.04. The van der Waals surface area contributed by atoms with E-state index in [0.29, 0.717) is 46.2 Å². The number of halogens is 3. The van der Waals surface area contributed by atoms with Gasteiger partial charge in [0.25, 0.3) is 11.8 Å². The van der Waals surface area contributed by atoms with E-state index in [1.54, 1.807) is 41.3 Å². The minimum Gasteiger partial charge on any atom is -0.493 e. The monoisotopic (exact) mass is 557 g/mol. The summed E-state index contributed by atoms with van der Waals surface area (Å²) in [4.78, 5) is 28.1. The van der Waals surface area contributed by atoms with E-state index >= 15 is 0 Å². The van der Waals surface area contributed by atoms with Crippen molar-refractivity contribution >= 4 is 29.1 Å². The average Bonchev–Trinajstić information content (AvgIpc) is 2.92. The molecule has 0 bridgehead atoms. The van der Waals surface area contributed by atoms with Gasteiger partial charge < -0.3 is 25.4 Å². The zero-order chi connectivity index (χ0) is 28.1. The van der Waals surface area contributed by atoms with E-state index in [4.69, 9.17) is 26.8 Å². The van der Waals surface area contributed by atoms with Crippen LogP contribution in [0.15, 0.2) is 54.6 Å². The summed E-state index contributed by atoms with van der Waals surface area (Å²) in [6.45, 7) is 0.0791. The summed E-state index contributed by atoms with van der Waals surface area (Å²) in [7, 11) is 2.99. The van der Waals surface area contributed by atoms with Gasteiger partial charge in [-0.3, -0.25) is 9.59 Å². The van der Waals surface area contributed by atoms with Crippen LogP contribution in [-0.4, -0.2) is 43.0 Å². The van der Waals surface area contributed by atoms with E-state index in [1.807, 2.05) is 0 Å². The van der Waals surface area contributed by atoms with E-state index in [9.17, 15) is 18.4 Å². The van der Waals surface area contributed by atoms with Crippen LogP contribution in [0, 0.1) is 11.6 Å². The van der Waals surface area contributed by atoms with Crippen molar-refractivity contribution in [3.05, 3.63) is 87.9 Å². The van der Waals surface area contributed by atoms with Crippen LogP contribution in [0.5, 0.6) is 11.5 Å². The fraction of sp³-hybridized carbons (Fsp3) is 0.310. The summed E-state index contributed by atoms with van der Waals surface area (Å²) < 4.78 is 38.4. The van der Waals surface area contributed by atoms with Gasteiger partial charge in [-0.25, -0.2) is 8.78 Å². The summed E-state index contributed by atoms with van der Waals surface area (Å²) >= 11 is 6.51. The van der Waals surface area contributed by atoms with Crippen molar-refractivity contribution in [2.45, 2.75) is 44.3 Å². The Labute approximate surface area is 230 Å². The summed E-state index contributed by atoms with van der Waals surface area (Å²) in [5.41, 5.74) is 7.37. The topological polar surface area (TPSA) is 93.9 Å². The van der Waals surface area contributed by atoms with Gasteiger partial charge in [0.1, 0.15) is 11.6 Å². The summed E-state index contributed by atoms with van der Waals surface area (Å²) in [5, 5.41) is 3.22. The zero-order valence-electron chi connectivity index (χ0n) is 21.7. The first-order valence-corrected chi connectivity index (χ1v) is 12.9. The molecule has 0 unspecified atom stereocenters. The van der Waals surface area contributed by atoms with Crippen LogP contribution in [0.3, 0.4) is 0 Å². The third-order valence-electron chi connectivity index (χ3n) is 6.84. The molecule has 3 aromatic carbocycles. The molecule has 1 fully saturated rings. The average molecular weight is 558 g/mol. The number of nitrogens with one attached hydrogen (secondary N) is 1. The maximum absolute atomic E-state index is 13.9. The fourth-order valence-corrected chi connectivity index (χ4v) is 4.94. The molecular weight excluding hydrogens is 528 g/mol. The minimum atomic E-state index is -0.832. The highest BCUT2D eigenvalue weighted by atomic mass is 35.5. The van der Waals surface area contributed by atoms with Crippen molar-refractivity contribution in [2.24, 2.45) is 5.73 Å². The molecule has 3 aromatic rings. The molecule has 7 nitrogen and oxygen atoms in total. The highest BCUT2D eigenvalue weighted by Gasteiger charge is 2.29. The van der Waals surface area contributed by atoms with E-state index in [1.165, 1.54) is 14.2 Å². The SMILES string of the molecule is COc1ccc(C(=O)Nc2ccc(Cl)c(CN(C(=O)c3cc(F)cc(F)c3)C3CCC(N)CC3)c2)cc1OC. The third-order valence-corrected chi connectivity index (χ3v) is 7.21. The van der Waals surface area contributed by atoms with E-state index in [-0.39, 0.29) is 30.1 Å². The predicted molar refractivity (Wildman–Crippen MR) is 145 cm³/mol. The molecule has 0 atom stereocenters. The van der Waals surface area contributed by atoms with Gasteiger partial charge >= 0.3 is 0 Å². The second-order valence-corrected chi connectivity index (χ2v) is 9.90. The van der Waals surface area contributed by atoms with Gasteiger partial charge in [-0.1, -0.05) is 11.6 Å². The second kappa shape index (κ2) is 12.4.